The lowest BCUT2D eigenvalue weighted by Crippen LogP contribution is -2.15. The Morgan fingerprint density at radius 2 is 2.56 bits per heavy atom. The topological polar surface area (TPSA) is 15.6 Å². The second-order valence-electron chi connectivity index (χ2n) is 2.22. The molecule has 0 atom stereocenters. The SMILES string of the molecule is CCC1=CCN(C)N=C1. The highest BCUT2D eigenvalue weighted by Crippen LogP contribution is 2.02. The van der Waals surface area contributed by atoms with E-state index in [9.17, 15) is 0 Å². The fraction of sp³-hybridized carbons (Fsp3) is 0.571. The van der Waals surface area contributed by atoms with E-state index in [1.165, 1.54) is 5.57 Å². The minimum atomic E-state index is 0.958. The molecule has 2 nitrogen and oxygen atoms in total. The minimum Gasteiger partial charge on any atom is -0.296 e. The van der Waals surface area contributed by atoms with Gasteiger partial charge in [-0.1, -0.05) is 13.0 Å². The standard InChI is InChI=1S/C7H12N2/c1-3-7-4-5-9(2)8-6-7/h4,6H,3,5H2,1-2H3. The first-order valence-corrected chi connectivity index (χ1v) is 3.27. The van der Waals surface area contributed by atoms with Crippen molar-refractivity contribution in [3.8, 4) is 0 Å². The molecule has 9 heavy (non-hydrogen) atoms. The third-order valence-corrected chi connectivity index (χ3v) is 1.45. The van der Waals surface area contributed by atoms with Crippen LogP contribution in [0.4, 0.5) is 0 Å². The maximum absolute atomic E-state index is 4.12. The fourth-order valence-electron chi connectivity index (χ4n) is 0.758. The van der Waals surface area contributed by atoms with E-state index in [-0.39, 0.29) is 0 Å². The van der Waals surface area contributed by atoms with E-state index in [1.54, 1.807) is 0 Å². The van der Waals surface area contributed by atoms with Crippen LogP contribution in [0.5, 0.6) is 0 Å². The normalized spacial score (nSPS) is 18.0. The van der Waals surface area contributed by atoms with Crippen LogP contribution in [0.25, 0.3) is 0 Å². The minimum absolute atomic E-state index is 0.958. The molecular weight excluding hydrogens is 112 g/mol. The second-order valence-corrected chi connectivity index (χ2v) is 2.22. The van der Waals surface area contributed by atoms with Crippen molar-refractivity contribution in [2.75, 3.05) is 13.6 Å². The number of hydrazone groups is 1. The van der Waals surface area contributed by atoms with Gasteiger partial charge >= 0.3 is 0 Å². The Morgan fingerprint density at radius 3 is 3.00 bits per heavy atom. The van der Waals surface area contributed by atoms with Crippen LogP contribution in [0.1, 0.15) is 13.3 Å². The molecule has 0 fully saturated rings. The summed E-state index contributed by atoms with van der Waals surface area (Å²) in [4.78, 5) is 0. The van der Waals surface area contributed by atoms with Crippen LogP contribution < -0.4 is 0 Å². The van der Waals surface area contributed by atoms with Gasteiger partial charge in [0.05, 0.1) is 6.54 Å². The number of likely N-dealkylation sites (N-methyl/N-ethyl adjacent to an activating group) is 1. The zero-order valence-electron chi connectivity index (χ0n) is 5.96. The van der Waals surface area contributed by atoms with Crippen molar-refractivity contribution in [3.63, 3.8) is 0 Å². The fourth-order valence-corrected chi connectivity index (χ4v) is 0.758. The third-order valence-electron chi connectivity index (χ3n) is 1.45. The van der Waals surface area contributed by atoms with Gasteiger partial charge in [0.1, 0.15) is 0 Å². The maximum atomic E-state index is 4.12. The first kappa shape index (κ1) is 6.33. The van der Waals surface area contributed by atoms with Crippen LogP contribution in [0.3, 0.4) is 0 Å². The highest BCUT2D eigenvalue weighted by atomic mass is 15.4. The molecule has 0 aromatic rings. The second kappa shape index (κ2) is 2.67. The zero-order chi connectivity index (χ0) is 6.69. The van der Waals surface area contributed by atoms with Crippen molar-refractivity contribution in [1.29, 1.82) is 0 Å². The largest absolute Gasteiger partial charge is 0.296 e. The number of allylic oxidation sites excluding steroid dienone is 1. The van der Waals surface area contributed by atoms with Crippen molar-refractivity contribution >= 4 is 6.21 Å². The summed E-state index contributed by atoms with van der Waals surface area (Å²) in [5, 5.41) is 6.04. The summed E-state index contributed by atoms with van der Waals surface area (Å²) in [6.45, 7) is 3.10. The Kier molecular flexibility index (Phi) is 1.88. The van der Waals surface area contributed by atoms with E-state index in [2.05, 4.69) is 18.1 Å². The van der Waals surface area contributed by atoms with Gasteiger partial charge in [0.2, 0.25) is 0 Å². The number of hydrogen-bond donors (Lipinski definition) is 0. The number of rotatable bonds is 1. The molecule has 2 heteroatoms. The third kappa shape index (κ3) is 1.56. The number of hydrogen-bond acceptors (Lipinski definition) is 2. The summed E-state index contributed by atoms with van der Waals surface area (Å²) in [5.41, 5.74) is 1.34. The molecule has 1 heterocycles. The van der Waals surface area contributed by atoms with Gasteiger partial charge in [0, 0.05) is 13.3 Å². The molecule has 0 unspecified atom stereocenters. The Morgan fingerprint density at radius 1 is 1.78 bits per heavy atom. The molecule has 0 radical (unpaired) electrons. The van der Waals surface area contributed by atoms with Gasteiger partial charge in [-0.25, -0.2) is 0 Å². The first-order valence-electron chi connectivity index (χ1n) is 3.27. The molecule has 0 aromatic carbocycles. The molecule has 1 rings (SSSR count). The Balaban J connectivity index is 2.52. The Bertz CT molecular complexity index is 147. The van der Waals surface area contributed by atoms with Crippen LogP contribution in [-0.2, 0) is 0 Å². The summed E-state index contributed by atoms with van der Waals surface area (Å²) in [5.74, 6) is 0. The van der Waals surface area contributed by atoms with Crippen LogP contribution in [0.15, 0.2) is 16.8 Å². The monoisotopic (exact) mass is 124 g/mol. The zero-order valence-corrected chi connectivity index (χ0v) is 5.96. The molecule has 0 bridgehead atoms. The van der Waals surface area contributed by atoms with E-state index < -0.39 is 0 Å². The summed E-state index contributed by atoms with van der Waals surface area (Å²) in [7, 11) is 1.97. The predicted octanol–water partition coefficient (Wildman–Crippen LogP) is 1.25. The molecule has 0 saturated heterocycles. The molecular formula is C7H12N2. The van der Waals surface area contributed by atoms with E-state index in [4.69, 9.17) is 0 Å². The predicted molar refractivity (Wildman–Crippen MR) is 39.5 cm³/mol. The molecule has 0 aliphatic carbocycles. The van der Waals surface area contributed by atoms with Gasteiger partial charge < -0.3 is 0 Å². The van der Waals surface area contributed by atoms with E-state index in [0.29, 0.717) is 0 Å². The van der Waals surface area contributed by atoms with Crippen LogP contribution >= 0.6 is 0 Å². The Hall–Kier alpha value is -0.790. The van der Waals surface area contributed by atoms with Crippen molar-refractivity contribution in [3.05, 3.63) is 11.6 Å². The summed E-state index contributed by atoms with van der Waals surface area (Å²) >= 11 is 0. The van der Waals surface area contributed by atoms with Gasteiger partial charge in [0.15, 0.2) is 0 Å². The van der Waals surface area contributed by atoms with Gasteiger partial charge in [-0.05, 0) is 12.0 Å². The molecule has 0 N–H and O–H groups in total. The molecule has 0 amide bonds. The lowest BCUT2D eigenvalue weighted by Gasteiger charge is -2.14. The molecule has 0 aromatic heterocycles. The first-order chi connectivity index (χ1) is 4.33. The lowest BCUT2D eigenvalue weighted by atomic mass is 10.2. The van der Waals surface area contributed by atoms with E-state index in [0.717, 1.165) is 13.0 Å². The Labute approximate surface area is 55.9 Å². The van der Waals surface area contributed by atoms with Crippen molar-refractivity contribution in [2.45, 2.75) is 13.3 Å². The molecule has 50 valence electrons. The van der Waals surface area contributed by atoms with Gasteiger partial charge in [-0.3, -0.25) is 5.01 Å². The smallest absolute Gasteiger partial charge is 0.0544 e. The van der Waals surface area contributed by atoms with Gasteiger partial charge in [0.25, 0.3) is 0 Å². The summed E-state index contributed by atoms with van der Waals surface area (Å²) in [6.07, 6.45) is 5.22. The van der Waals surface area contributed by atoms with Gasteiger partial charge in [-0.2, -0.15) is 5.10 Å². The molecule has 1 aliphatic heterocycles. The molecule has 0 spiro atoms. The van der Waals surface area contributed by atoms with E-state index >= 15 is 0 Å². The van der Waals surface area contributed by atoms with Gasteiger partial charge in [-0.15, -0.1) is 0 Å². The van der Waals surface area contributed by atoms with E-state index in [1.807, 2.05) is 18.3 Å². The van der Waals surface area contributed by atoms with Crippen molar-refractivity contribution in [1.82, 2.24) is 5.01 Å². The van der Waals surface area contributed by atoms with Crippen LogP contribution in [0, 0.1) is 0 Å². The van der Waals surface area contributed by atoms with Crippen molar-refractivity contribution < 1.29 is 0 Å². The van der Waals surface area contributed by atoms with Crippen LogP contribution in [0.2, 0.25) is 0 Å². The quantitative estimate of drug-likeness (QED) is 0.513. The number of nitrogens with zero attached hydrogens (tertiary/aromatic N) is 2. The molecule has 1 aliphatic rings. The highest BCUT2D eigenvalue weighted by molar-refractivity contribution is 5.78. The highest BCUT2D eigenvalue weighted by Gasteiger charge is 1.97. The van der Waals surface area contributed by atoms with Crippen LogP contribution in [-0.4, -0.2) is 24.8 Å². The molecule has 0 saturated carbocycles. The maximum Gasteiger partial charge on any atom is 0.0544 e. The van der Waals surface area contributed by atoms with Crippen molar-refractivity contribution in [2.24, 2.45) is 5.10 Å². The summed E-state index contributed by atoms with van der Waals surface area (Å²) < 4.78 is 0. The average Bonchev–Trinajstić information content (AvgIpc) is 1.90. The summed E-state index contributed by atoms with van der Waals surface area (Å²) in [6, 6.07) is 0. The lowest BCUT2D eigenvalue weighted by molar-refractivity contribution is 0.391. The average molecular weight is 124 g/mol.